The van der Waals surface area contributed by atoms with Gasteiger partial charge in [0.05, 0.1) is 66.2 Å². The molecule has 0 bridgehead atoms. The van der Waals surface area contributed by atoms with Crippen LogP contribution in [0.2, 0.25) is 0 Å². The Hall–Kier alpha value is -4.80. The lowest BCUT2D eigenvalue weighted by Crippen LogP contribution is -2.60. The number of fused-ring (bicyclic) bond motifs is 1. The number of carbonyl (C=O) groups excluding carboxylic acids is 3. The normalized spacial score (nSPS) is 19.1. The molecule has 1 saturated carbocycles. The Balaban J connectivity index is 1.33. The van der Waals surface area contributed by atoms with Crippen molar-refractivity contribution in [1.29, 1.82) is 5.26 Å². The molecule has 0 radical (unpaired) electrons. The summed E-state index contributed by atoms with van der Waals surface area (Å²) in [4.78, 5) is 42.0. The number of hydrogen-bond acceptors (Lipinski definition) is 8. The van der Waals surface area contributed by atoms with Crippen molar-refractivity contribution in [1.82, 2.24) is 30.1 Å². The molecule has 2 aliphatic rings. The van der Waals surface area contributed by atoms with E-state index in [2.05, 4.69) is 32.1 Å². The highest BCUT2D eigenvalue weighted by atomic mass is 19.3. The fourth-order valence-electron chi connectivity index (χ4n) is 4.68. The van der Waals surface area contributed by atoms with Gasteiger partial charge in [-0.2, -0.15) is 10.4 Å². The predicted octanol–water partition coefficient (Wildman–Crippen LogP) is 2.02. The minimum Gasteiger partial charge on any atom is -0.449 e. The van der Waals surface area contributed by atoms with Crippen molar-refractivity contribution in [2.45, 2.75) is 24.8 Å². The van der Waals surface area contributed by atoms with Gasteiger partial charge in [-0.1, -0.05) is 0 Å². The Kier molecular flexibility index (Phi) is 7.20. The highest BCUT2D eigenvalue weighted by Gasteiger charge is 2.46. The Labute approximate surface area is 227 Å². The summed E-state index contributed by atoms with van der Waals surface area (Å²) >= 11 is 0. The van der Waals surface area contributed by atoms with E-state index in [0.717, 1.165) is 4.90 Å². The van der Waals surface area contributed by atoms with E-state index >= 15 is 0 Å². The van der Waals surface area contributed by atoms with Crippen LogP contribution in [0.1, 0.15) is 28.8 Å². The van der Waals surface area contributed by atoms with Crippen LogP contribution in [0.25, 0.3) is 16.9 Å². The van der Waals surface area contributed by atoms with Crippen LogP contribution in [0.5, 0.6) is 0 Å². The second-order valence-corrected chi connectivity index (χ2v) is 9.84. The predicted molar refractivity (Wildman–Crippen MR) is 138 cm³/mol. The van der Waals surface area contributed by atoms with Crippen molar-refractivity contribution in [2.75, 3.05) is 38.6 Å². The second-order valence-electron chi connectivity index (χ2n) is 9.84. The van der Waals surface area contributed by atoms with E-state index in [9.17, 15) is 23.2 Å². The summed E-state index contributed by atoms with van der Waals surface area (Å²) in [6.07, 6.45) is 3.72. The van der Waals surface area contributed by atoms with Crippen LogP contribution in [-0.2, 0) is 9.53 Å². The largest absolute Gasteiger partial charge is 0.449 e. The van der Waals surface area contributed by atoms with Crippen molar-refractivity contribution in [3.63, 3.8) is 0 Å². The zero-order valence-electron chi connectivity index (χ0n) is 21.5. The van der Waals surface area contributed by atoms with Crippen molar-refractivity contribution < 1.29 is 27.9 Å². The molecule has 3 amide bonds. The average Bonchev–Trinajstić information content (AvgIpc) is 3.34. The summed E-state index contributed by atoms with van der Waals surface area (Å²) in [5.41, 5.74) is 2.89. The first-order valence-electron chi connectivity index (χ1n) is 12.6. The molecule has 1 aliphatic heterocycles. The van der Waals surface area contributed by atoms with Gasteiger partial charge in [-0.25, -0.2) is 18.1 Å². The van der Waals surface area contributed by atoms with E-state index in [1.165, 1.54) is 19.4 Å². The van der Waals surface area contributed by atoms with Crippen LogP contribution < -0.4 is 16.0 Å². The molecule has 5 rings (SSSR count). The summed E-state index contributed by atoms with van der Waals surface area (Å²) in [7, 11) is 1.49. The molecule has 40 heavy (non-hydrogen) atoms. The first-order chi connectivity index (χ1) is 19.2. The van der Waals surface area contributed by atoms with Crippen molar-refractivity contribution in [3.05, 3.63) is 47.8 Å². The molecule has 0 spiro atoms. The first-order valence-corrected chi connectivity index (χ1v) is 12.6. The maximum Gasteiger partial charge on any atom is 0.406 e. The summed E-state index contributed by atoms with van der Waals surface area (Å²) in [6.45, 7) is -1.47. The Morgan fingerprint density at radius 1 is 1.20 bits per heavy atom. The van der Waals surface area contributed by atoms with Crippen LogP contribution in [0.4, 0.5) is 19.3 Å². The van der Waals surface area contributed by atoms with Gasteiger partial charge >= 0.3 is 6.09 Å². The number of alkyl halides is 2. The minimum absolute atomic E-state index is 0.00888. The molecule has 14 heteroatoms. The van der Waals surface area contributed by atoms with E-state index in [1.54, 1.807) is 28.8 Å². The van der Waals surface area contributed by atoms with E-state index < -0.39 is 43.5 Å². The minimum atomic E-state index is -2.89. The van der Waals surface area contributed by atoms with E-state index in [1.807, 2.05) is 0 Å². The second kappa shape index (κ2) is 10.8. The van der Waals surface area contributed by atoms with Gasteiger partial charge in [0.25, 0.3) is 11.8 Å². The Morgan fingerprint density at radius 3 is 2.67 bits per heavy atom. The number of anilines is 1. The summed E-state index contributed by atoms with van der Waals surface area (Å²) in [6, 6.07) is 9.03. The number of nitrogens with one attached hydrogen (secondary N) is 3. The average molecular weight is 553 g/mol. The third-order valence-electron chi connectivity index (χ3n) is 6.89. The van der Waals surface area contributed by atoms with Gasteiger partial charge in [-0.3, -0.25) is 14.6 Å². The van der Waals surface area contributed by atoms with Crippen LogP contribution in [-0.4, -0.2) is 82.7 Å². The number of nitrogens with zero attached hydrogens (tertiary/aromatic N) is 5. The lowest BCUT2D eigenvalue weighted by atomic mass is 9.80. The number of amides is 3. The van der Waals surface area contributed by atoms with E-state index in [-0.39, 0.29) is 24.1 Å². The Bertz CT molecular complexity index is 1500. The maximum absolute atomic E-state index is 13.1. The van der Waals surface area contributed by atoms with E-state index in [4.69, 9.17) is 10.00 Å². The quantitative estimate of drug-likeness (QED) is 0.384. The van der Waals surface area contributed by atoms with Gasteiger partial charge in [0.2, 0.25) is 5.91 Å². The zero-order valence-corrected chi connectivity index (χ0v) is 21.5. The van der Waals surface area contributed by atoms with Gasteiger partial charge in [0, 0.05) is 19.3 Å². The molecule has 3 aromatic rings. The number of carbonyl (C=O) groups is 3. The number of aromatic nitrogens is 3. The SMILES string of the molecule is CNC(=O)OCC1CC(Nc2cc(-c3ccc4cc(C#N)cnn34)ncc2C(=O)NCC(=O)N2CC(F)(F)C2)C1. The summed E-state index contributed by atoms with van der Waals surface area (Å²) in [5, 5.41) is 21.7. The number of halogens is 2. The molecule has 208 valence electrons. The number of nitriles is 1. The monoisotopic (exact) mass is 552 g/mol. The highest BCUT2D eigenvalue weighted by Crippen LogP contribution is 2.33. The first kappa shape index (κ1) is 26.8. The molecular weight excluding hydrogens is 526 g/mol. The zero-order chi connectivity index (χ0) is 28.4. The third-order valence-corrected chi connectivity index (χ3v) is 6.89. The standard InChI is InChI=1S/C26H26F2N8O4/c1-30-25(39)40-12-15-4-17(5-15)34-20-7-21(22-3-2-18-6-16(8-29)9-33-36(18)22)31-10-19(20)24(38)32-11-23(37)35-13-26(27,28)14-35/h2-3,6-7,9-10,15,17H,4-5,11-14H2,1H3,(H,30,39)(H,31,34)(H,32,38). The topological polar surface area (TPSA) is 154 Å². The van der Waals surface area contributed by atoms with Gasteiger partial charge in [0.15, 0.2) is 0 Å². The lowest BCUT2D eigenvalue weighted by molar-refractivity contribution is -0.164. The highest BCUT2D eigenvalue weighted by molar-refractivity contribution is 6.01. The Morgan fingerprint density at radius 2 is 1.98 bits per heavy atom. The van der Waals surface area contributed by atoms with Crippen LogP contribution in [0, 0.1) is 17.2 Å². The van der Waals surface area contributed by atoms with Crippen LogP contribution in [0.3, 0.4) is 0 Å². The summed E-state index contributed by atoms with van der Waals surface area (Å²) in [5.74, 6) is -3.92. The number of rotatable bonds is 8. The smallest absolute Gasteiger partial charge is 0.406 e. The van der Waals surface area contributed by atoms with Crippen LogP contribution in [0.15, 0.2) is 36.7 Å². The van der Waals surface area contributed by atoms with Crippen molar-refractivity contribution in [3.8, 4) is 17.5 Å². The molecule has 0 unspecified atom stereocenters. The molecule has 3 aromatic heterocycles. The van der Waals surface area contributed by atoms with Gasteiger partial charge < -0.3 is 25.6 Å². The summed E-state index contributed by atoms with van der Waals surface area (Å²) < 4.78 is 33.0. The van der Waals surface area contributed by atoms with Crippen LogP contribution >= 0.6 is 0 Å². The molecule has 0 aromatic carbocycles. The van der Waals surface area contributed by atoms with Crippen molar-refractivity contribution in [2.24, 2.45) is 5.92 Å². The fraction of sp³-hybridized carbons (Fsp3) is 0.385. The van der Waals surface area contributed by atoms with Gasteiger partial charge in [-0.05, 0) is 43.0 Å². The number of hydrogen-bond donors (Lipinski definition) is 3. The molecule has 4 heterocycles. The van der Waals surface area contributed by atoms with Crippen molar-refractivity contribution >= 4 is 29.1 Å². The van der Waals surface area contributed by atoms with Gasteiger partial charge in [-0.15, -0.1) is 0 Å². The van der Waals surface area contributed by atoms with E-state index in [0.29, 0.717) is 41.0 Å². The molecule has 1 aliphatic carbocycles. The lowest BCUT2D eigenvalue weighted by Gasteiger charge is -2.38. The molecule has 12 nitrogen and oxygen atoms in total. The third kappa shape index (κ3) is 5.63. The molecule has 0 atom stereocenters. The molecule has 2 fully saturated rings. The number of pyridine rings is 1. The molecule has 3 N–H and O–H groups in total. The molecular formula is C26H26F2N8O4. The van der Waals surface area contributed by atoms with Gasteiger partial charge in [0.1, 0.15) is 6.07 Å². The number of ether oxygens (including phenoxy) is 1. The fourth-order valence-corrected chi connectivity index (χ4v) is 4.68. The number of likely N-dealkylation sites (tertiary alicyclic amines) is 1. The maximum atomic E-state index is 13.1. The number of alkyl carbamates (subject to hydrolysis) is 1. The molecule has 1 saturated heterocycles.